The van der Waals surface area contributed by atoms with Crippen LogP contribution in [0.2, 0.25) is 0 Å². The van der Waals surface area contributed by atoms with Gasteiger partial charge in [-0.2, -0.15) is 13.2 Å². The molecule has 5 rings (SSSR count). The number of imidazole rings is 1. The van der Waals surface area contributed by atoms with Crippen LogP contribution in [0, 0.1) is 0 Å². The molecule has 1 N–H and O–H groups in total. The maximum absolute atomic E-state index is 12.7. The van der Waals surface area contributed by atoms with Gasteiger partial charge in [0.1, 0.15) is 12.4 Å². The molecule has 0 aliphatic carbocycles. The lowest BCUT2D eigenvalue weighted by atomic mass is 10.1. The van der Waals surface area contributed by atoms with Crippen molar-refractivity contribution in [3.63, 3.8) is 0 Å². The fraction of sp³-hybridized carbons (Fsp3) is 0.273. The molecule has 32 heavy (non-hydrogen) atoms. The summed E-state index contributed by atoms with van der Waals surface area (Å²) >= 11 is 0. The second-order valence-electron chi connectivity index (χ2n) is 7.46. The zero-order valence-corrected chi connectivity index (χ0v) is 16.7. The summed E-state index contributed by atoms with van der Waals surface area (Å²) in [6.45, 7) is 1.15. The number of aromatic nitrogens is 2. The first-order valence-electron chi connectivity index (χ1n) is 9.90. The van der Waals surface area contributed by atoms with Gasteiger partial charge in [0, 0.05) is 17.7 Å². The molecule has 2 aliphatic heterocycles. The van der Waals surface area contributed by atoms with Crippen molar-refractivity contribution in [1.29, 1.82) is 0 Å². The van der Waals surface area contributed by atoms with Crippen molar-refractivity contribution in [1.82, 2.24) is 14.9 Å². The van der Waals surface area contributed by atoms with Crippen LogP contribution < -0.4 is 14.8 Å². The van der Waals surface area contributed by atoms with Crippen LogP contribution in [0.15, 0.2) is 48.7 Å². The van der Waals surface area contributed by atoms with E-state index in [0.717, 1.165) is 41.3 Å². The fourth-order valence-electron chi connectivity index (χ4n) is 3.71. The molecule has 0 saturated carbocycles. The molecular weight excluding hydrogens is 427 g/mol. The zero-order chi connectivity index (χ0) is 22.3. The minimum atomic E-state index is -4.44. The molecule has 3 heterocycles. The number of alkyl halides is 3. The number of nitrogens with zero attached hydrogens (tertiary/aromatic N) is 2. The number of nitrogens with one attached hydrogen (secondary N) is 1. The molecule has 1 atom stereocenters. The normalized spacial score (nSPS) is 17.2. The van der Waals surface area contributed by atoms with E-state index in [1.165, 1.54) is 0 Å². The van der Waals surface area contributed by atoms with Crippen LogP contribution in [0.4, 0.5) is 13.2 Å². The number of ether oxygens (including phenoxy) is 3. The Balaban J connectivity index is 1.25. The minimum Gasteiger partial charge on any atom is -0.454 e. The smallest absolute Gasteiger partial charge is 0.416 e. The molecule has 1 amide bonds. The number of carbonyl (C=O) groups excluding carboxylic acids is 1. The number of rotatable bonds is 4. The maximum atomic E-state index is 12.7. The first kappa shape index (κ1) is 20.4. The zero-order valence-electron chi connectivity index (χ0n) is 16.7. The lowest BCUT2D eigenvalue weighted by molar-refractivity contribution is -0.137. The highest BCUT2D eigenvalue weighted by Gasteiger charge is 2.30. The van der Waals surface area contributed by atoms with E-state index >= 15 is 0 Å². The number of halogens is 3. The van der Waals surface area contributed by atoms with E-state index < -0.39 is 17.6 Å². The molecule has 166 valence electrons. The van der Waals surface area contributed by atoms with Gasteiger partial charge < -0.3 is 24.1 Å². The number of hydrogen-bond acceptors (Lipinski definition) is 5. The van der Waals surface area contributed by atoms with E-state index in [0.29, 0.717) is 18.0 Å². The van der Waals surface area contributed by atoms with Crippen molar-refractivity contribution in [3.8, 4) is 22.8 Å². The molecule has 0 saturated heterocycles. The van der Waals surface area contributed by atoms with Crippen LogP contribution >= 0.6 is 0 Å². The van der Waals surface area contributed by atoms with Crippen molar-refractivity contribution in [2.75, 3.05) is 13.3 Å². The quantitative estimate of drug-likeness (QED) is 0.664. The molecule has 2 aromatic carbocycles. The summed E-state index contributed by atoms with van der Waals surface area (Å²) in [5, 5.41) is 2.73. The van der Waals surface area contributed by atoms with Gasteiger partial charge in [-0.3, -0.25) is 4.79 Å². The van der Waals surface area contributed by atoms with Crippen molar-refractivity contribution < 1.29 is 32.2 Å². The van der Waals surface area contributed by atoms with Crippen molar-refractivity contribution in [2.45, 2.75) is 25.4 Å². The van der Waals surface area contributed by atoms with Gasteiger partial charge in [-0.1, -0.05) is 0 Å². The van der Waals surface area contributed by atoms with Gasteiger partial charge >= 0.3 is 6.18 Å². The molecule has 10 heteroatoms. The average molecular weight is 445 g/mol. The Morgan fingerprint density at radius 1 is 1.12 bits per heavy atom. The fourth-order valence-corrected chi connectivity index (χ4v) is 3.71. The standard InChI is InChI=1S/C22H18F3N3O4/c23-22(24,25)15-4-1-13(2-5-15)21(29)27-8-16-10-28-17(9-26-20(28)11-30-16)14-3-6-18-19(7-14)32-12-31-18/h1-7,9,16H,8,10-12H2,(H,27,29)/t16-/m0/s1. The van der Waals surface area contributed by atoms with Gasteiger partial charge in [-0.25, -0.2) is 4.98 Å². The Morgan fingerprint density at radius 3 is 2.69 bits per heavy atom. The van der Waals surface area contributed by atoms with E-state index in [2.05, 4.69) is 10.3 Å². The molecule has 0 spiro atoms. The molecule has 3 aromatic rings. The average Bonchev–Trinajstić information content (AvgIpc) is 3.43. The number of fused-ring (bicyclic) bond motifs is 2. The monoisotopic (exact) mass is 445 g/mol. The summed E-state index contributed by atoms with van der Waals surface area (Å²) in [7, 11) is 0. The molecule has 1 aromatic heterocycles. The highest BCUT2D eigenvalue weighted by molar-refractivity contribution is 5.94. The Kier molecular flexibility index (Phi) is 5.01. The Labute approximate surface area is 180 Å². The van der Waals surface area contributed by atoms with Gasteiger partial charge in [-0.15, -0.1) is 0 Å². The van der Waals surface area contributed by atoms with Crippen LogP contribution in [0.1, 0.15) is 21.7 Å². The lowest BCUT2D eigenvalue weighted by Crippen LogP contribution is -2.39. The van der Waals surface area contributed by atoms with Crippen LogP contribution in [0.3, 0.4) is 0 Å². The number of amides is 1. The predicted octanol–water partition coefficient (Wildman–Crippen LogP) is 3.63. The topological polar surface area (TPSA) is 74.6 Å². The lowest BCUT2D eigenvalue weighted by Gasteiger charge is -2.26. The number of hydrogen-bond donors (Lipinski definition) is 1. The summed E-state index contributed by atoms with van der Waals surface area (Å²) in [5.74, 6) is 1.67. The summed E-state index contributed by atoms with van der Waals surface area (Å²) in [4.78, 5) is 16.8. The van der Waals surface area contributed by atoms with Gasteiger partial charge in [0.15, 0.2) is 11.5 Å². The highest BCUT2D eigenvalue weighted by Crippen LogP contribution is 2.36. The molecule has 0 unspecified atom stereocenters. The minimum absolute atomic E-state index is 0.151. The molecule has 7 nitrogen and oxygen atoms in total. The second-order valence-corrected chi connectivity index (χ2v) is 7.46. The van der Waals surface area contributed by atoms with E-state index in [4.69, 9.17) is 14.2 Å². The molecular formula is C22H18F3N3O4. The summed E-state index contributed by atoms with van der Waals surface area (Å²) in [5.41, 5.74) is 1.16. The predicted molar refractivity (Wildman–Crippen MR) is 106 cm³/mol. The van der Waals surface area contributed by atoms with Crippen molar-refractivity contribution in [3.05, 3.63) is 65.6 Å². The number of carbonyl (C=O) groups is 1. The summed E-state index contributed by atoms with van der Waals surface area (Å²) in [6.07, 6.45) is -2.99. The maximum Gasteiger partial charge on any atom is 0.416 e. The van der Waals surface area contributed by atoms with Crippen molar-refractivity contribution in [2.24, 2.45) is 0 Å². The summed E-state index contributed by atoms with van der Waals surface area (Å²) < 4.78 is 56.7. The van der Waals surface area contributed by atoms with E-state index in [9.17, 15) is 18.0 Å². The van der Waals surface area contributed by atoms with Gasteiger partial charge in [-0.05, 0) is 42.5 Å². The van der Waals surface area contributed by atoms with E-state index in [-0.39, 0.29) is 31.6 Å². The molecule has 0 bridgehead atoms. The largest absolute Gasteiger partial charge is 0.454 e. The van der Waals surface area contributed by atoms with Gasteiger partial charge in [0.25, 0.3) is 5.91 Å². The van der Waals surface area contributed by atoms with Crippen LogP contribution in [0.25, 0.3) is 11.3 Å². The summed E-state index contributed by atoms with van der Waals surface area (Å²) in [6, 6.07) is 9.76. The third kappa shape index (κ3) is 3.89. The van der Waals surface area contributed by atoms with Gasteiger partial charge in [0.05, 0.1) is 30.1 Å². The molecule has 0 fully saturated rings. The third-order valence-electron chi connectivity index (χ3n) is 5.41. The van der Waals surface area contributed by atoms with Crippen molar-refractivity contribution >= 4 is 5.91 Å². The van der Waals surface area contributed by atoms with Crippen LogP contribution in [0.5, 0.6) is 11.5 Å². The first-order valence-corrected chi connectivity index (χ1v) is 9.90. The Hall–Kier alpha value is -3.53. The first-order chi connectivity index (χ1) is 15.4. The van der Waals surface area contributed by atoms with Crippen LogP contribution in [-0.4, -0.2) is 34.9 Å². The number of benzene rings is 2. The molecule has 0 radical (unpaired) electrons. The highest BCUT2D eigenvalue weighted by atomic mass is 19.4. The molecule has 2 aliphatic rings. The Morgan fingerprint density at radius 2 is 1.91 bits per heavy atom. The second kappa shape index (κ2) is 7.86. The third-order valence-corrected chi connectivity index (χ3v) is 5.41. The van der Waals surface area contributed by atoms with Gasteiger partial charge in [0.2, 0.25) is 6.79 Å². The van der Waals surface area contributed by atoms with E-state index in [1.54, 1.807) is 6.20 Å². The van der Waals surface area contributed by atoms with Crippen LogP contribution in [-0.2, 0) is 24.1 Å². The Bertz CT molecular complexity index is 1160. The SMILES string of the molecule is O=C(NC[C@H]1Cn2c(-c3ccc4c(c3)OCO4)cnc2CO1)c1ccc(C(F)(F)F)cc1. The van der Waals surface area contributed by atoms with E-state index in [1.807, 2.05) is 22.8 Å².